The smallest absolute Gasteiger partial charge is 0.155 e. The molecule has 0 unspecified atom stereocenters. The third kappa shape index (κ3) is 2.07. The zero-order valence-electron chi connectivity index (χ0n) is 11.2. The second-order valence-electron chi connectivity index (χ2n) is 4.75. The summed E-state index contributed by atoms with van der Waals surface area (Å²) in [5, 5.41) is 4.19. The van der Waals surface area contributed by atoms with Crippen LogP contribution in [0.3, 0.4) is 0 Å². The van der Waals surface area contributed by atoms with E-state index in [1.165, 1.54) is 0 Å². The molecular weight excluding hydrogens is 260 g/mol. The Hall–Kier alpha value is -3.01. The largest absolute Gasteiger partial charge is 0.256 e. The van der Waals surface area contributed by atoms with Crippen molar-refractivity contribution in [1.29, 1.82) is 0 Å². The Bertz CT molecular complexity index is 897. The fourth-order valence-corrected chi connectivity index (χ4v) is 2.44. The van der Waals surface area contributed by atoms with E-state index >= 15 is 0 Å². The fourth-order valence-electron chi connectivity index (χ4n) is 2.44. The highest BCUT2D eigenvalue weighted by Gasteiger charge is 2.09. The van der Waals surface area contributed by atoms with Gasteiger partial charge in [-0.3, -0.25) is 4.98 Å². The maximum Gasteiger partial charge on any atom is 0.155 e. The fraction of sp³-hybridized carbons (Fsp3) is 0. The van der Waals surface area contributed by atoms with Crippen molar-refractivity contribution in [1.82, 2.24) is 19.6 Å². The predicted molar refractivity (Wildman–Crippen MR) is 81.7 cm³/mol. The van der Waals surface area contributed by atoms with Crippen LogP contribution in [-0.4, -0.2) is 19.6 Å². The highest BCUT2D eigenvalue weighted by atomic mass is 15.3. The van der Waals surface area contributed by atoms with E-state index in [2.05, 4.69) is 33.3 Å². The Balaban J connectivity index is 1.92. The van der Waals surface area contributed by atoms with Gasteiger partial charge in [-0.15, -0.1) is 0 Å². The summed E-state index contributed by atoms with van der Waals surface area (Å²) >= 11 is 0. The van der Waals surface area contributed by atoms with Gasteiger partial charge in [0.25, 0.3) is 0 Å². The molecule has 3 aromatic heterocycles. The van der Waals surface area contributed by atoms with Crippen LogP contribution in [0.2, 0.25) is 0 Å². The molecule has 21 heavy (non-hydrogen) atoms. The lowest BCUT2D eigenvalue weighted by Crippen LogP contribution is -1.92. The first kappa shape index (κ1) is 11.8. The maximum absolute atomic E-state index is 4.55. The summed E-state index contributed by atoms with van der Waals surface area (Å²) in [7, 11) is 0. The molecule has 0 atom stereocenters. The minimum Gasteiger partial charge on any atom is -0.256 e. The van der Waals surface area contributed by atoms with Crippen molar-refractivity contribution in [2.75, 3.05) is 0 Å². The SMILES string of the molecule is c1ccc(-c2ncccc2-c2ccc3ncnn3c2)cc1. The number of hydrogen-bond acceptors (Lipinski definition) is 3. The average molecular weight is 272 g/mol. The first-order valence-electron chi connectivity index (χ1n) is 6.72. The summed E-state index contributed by atoms with van der Waals surface area (Å²) in [6, 6.07) is 18.2. The molecule has 0 bridgehead atoms. The molecule has 4 rings (SSSR count). The molecule has 0 fully saturated rings. The van der Waals surface area contributed by atoms with E-state index in [0.29, 0.717) is 0 Å². The van der Waals surface area contributed by atoms with Crippen LogP contribution in [0.1, 0.15) is 0 Å². The molecule has 3 heterocycles. The number of pyridine rings is 2. The molecule has 4 heteroatoms. The molecule has 0 spiro atoms. The summed E-state index contributed by atoms with van der Waals surface area (Å²) in [6.07, 6.45) is 5.35. The molecular formula is C17H12N4. The van der Waals surface area contributed by atoms with Gasteiger partial charge in [-0.1, -0.05) is 36.4 Å². The first-order valence-corrected chi connectivity index (χ1v) is 6.72. The number of aromatic nitrogens is 4. The van der Waals surface area contributed by atoms with Crippen molar-refractivity contribution in [2.45, 2.75) is 0 Å². The predicted octanol–water partition coefficient (Wildman–Crippen LogP) is 3.46. The average Bonchev–Trinajstić information content (AvgIpc) is 3.03. The summed E-state index contributed by atoms with van der Waals surface area (Å²) in [6.45, 7) is 0. The monoisotopic (exact) mass is 272 g/mol. The van der Waals surface area contributed by atoms with E-state index in [-0.39, 0.29) is 0 Å². The number of rotatable bonds is 2. The van der Waals surface area contributed by atoms with Crippen LogP contribution in [-0.2, 0) is 0 Å². The molecule has 0 saturated heterocycles. The Morgan fingerprint density at radius 1 is 0.762 bits per heavy atom. The molecule has 4 aromatic rings. The van der Waals surface area contributed by atoms with Gasteiger partial charge in [0.05, 0.1) is 5.69 Å². The first-order chi connectivity index (χ1) is 10.4. The summed E-state index contributed by atoms with van der Waals surface area (Å²) < 4.78 is 1.77. The van der Waals surface area contributed by atoms with Crippen LogP contribution < -0.4 is 0 Å². The zero-order valence-corrected chi connectivity index (χ0v) is 11.2. The molecule has 0 aliphatic rings. The van der Waals surface area contributed by atoms with Gasteiger partial charge in [0.2, 0.25) is 0 Å². The van der Waals surface area contributed by atoms with Crippen molar-refractivity contribution >= 4 is 5.65 Å². The molecule has 0 amide bonds. The van der Waals surface area contributed by atoms with Crippen molar-refractivity contribution in [3.8, 4) is 22.4 Å². The lowest BCUT2D eigenvalue weighted by Gasteiger charge is -2.09. The van der Waals surface area contributed by atoms with Crippen LogP contribution in [0.4, 0.5) is 0 Å². The quantitative estimate of drug-likeness (QED) is 0.561. The molecule has 0 N–H and O–H groups in total. The van der Waals surface area contributed by atoms with Gasteiger partial charge in [-0.05, 0) is 18.2 Å². The van der Waals surface area contributed by atoms with E-state index in [0.717, 1.165) is 28.0 Å². The van der Waals surface area contributed by atoms with Crippen LogP contribution in [0.5, 0.6) is 0 Å². The topological polar surface area (TPSA) is 43.1 Å². The number of fused-ring (bicyclic) bond motifs is 1. The number of hydrogen-bond donors (Lipinski definition) is 0. The lowest BCUT2D eigenvalue weighted by molar-refractivity contribution is 0.962. The van der Waals surface area contributed by atoms with E-state index in [1.807, 2.05) is 48.8 Å². The van der Waals surface area contributed by atoms with Crippen LogP contribution in [0.25, 0.3) is 28.0 Å². The summed E-state index contributed by atoms with van der Waals surface area (Å²) in [5.41, 5.74) is 5.06. The normalized spacial score (nSPS) is 10.9. The van der Waals surface area contributed by atoms with Gasteiger partial charge < -0.3 is 0 Å². The Kier molecular flexibility index (Phi) is 2.71. The van der Waals surface area contributed by atoms with Crippen LogP contribution in [0.15, 0.2) is 73.3 Å². The van der Waals surface area contributed by atoms with Crippen molar-refractivity contribution in [2.24, 2.45) is 0 Å². The highest BCUT2D eigenvalue weighted by Crippen LogP contribution is 2.29. The Morgan fingerprint density at radius 2 is 1.67 bits per heavy atom. The summed E-state index contributed by atoms with van der Waals surface area (Å²) in [4.78, 5) is 8.72. The van der Waals surface area contributed by atoms with Crippen LogP contribution in [0, 0.1) is 0 Å². The zero-order chi connectivity index (χ0) is 14.1. The molecule has 0 aliphatic heterocycles. The van der Waals surface area contributed by atoms with Crippen molar-refractivity contribution < 1.29 is 0 Å². The molecule has 100 valence electrons. The van der Waals surface area contributed by atoms with Gasteiger partial charge in [0.1, 0.15) is 6.33 Å². The molecule has 0 aliphatic carbocycles. The summed E-state index contributed by atoms with van der Waals surface area (Å²) in [5.74, 6) is 0. The van der Waals surface area contributed by atoms with Gasteiger partial charge in [-0.25, -0.2) is 9.50 Å². The lowest BCUT2D eigenvalue weighted by atomic mass is 10.0. The number of benzene rings is 1. The van der Waals surface area contributed by atoms with E-state index in [1.54, 1.807) is 10.8 Å². The van der Waals surface area contributed by atoms with Gasteiger partial charge in [-0.2, -0.15) is 5.10 Å². The number of nitrogens with zero attached hydrogens (tertiary/aromatic N) is 4. The standard InChI is InChI=1S/C17H12N4/c1-2-5-13(6-3-1)17-15(7-4-10-18-17)14-8-9-16-19-12-20-21(16)11-14/h1-12H. The van der Waals surface area contributed by atoms with Crippen LogP contribution >= 0.6 is 0 Å². The Labute approximate surface area is 121 Å². The minimum absolute atomic E-state index is 0.837. The third-order valence-electron chi connectivity index (χ3n) is 3.44. The maximum atomic E-state index is 4.55. The van der Waals surface area contributed by atoms with E-state index < -0.39 is 0 Å². The van der Waals surface area contributed by atoms with E-state index in [9.17, 15) is 0 Å². The molecule has 4 nitrogen and oxygen atoms in total. The second kappa shape index (κ2) is 4.83. The highest BCUT2D eigenvalue weighted by molar-refractivity contribution is 5.80. The van der Waals surface area contributed by atoms with Gasteiger partial charge in [0.15, 0.2) is 5.65 Å². The molecule has 0 radical (unpaired) electrons. The third-order valence-corrected chi connectivity index (χ3v) is 3.44. The van der Waals surface area contributed by atoms with Gasteiger partial charge in [0, 0.05) is 29.1 Å². The molecule has 1 aromatic carbocycles. The van der Waals surface area contributed by atoms with Crippen molar-refractivity contribution in [3.05, 3.63) is 73.3 Å². The van der Waals surface area contributed by atoms with E-state index in [4.69, 9.17) is 0 Å². The minimum atomic E-state index is 0.837. The Morgan fingerprint density at radius 3 is 2.57 bits per heavy atom. The second-order valence-corrected chi connectivity index (χ2v) is 4.75. The van der Waals surface area contributed by atoms with Crippen molar-refractivity contribution in [3.63, 3.8) is 0 Å². The molecule has 0 saturated carbocycles. The van der Waals surface area contributed by atoms with Gasteiger partial charge >= 0.3 is 0 Å².